The maximum atomic E-state index is 12.2. The molecule has 0 radical (unpaired) electrons. The summed E-state index contributed by atoms with van der Waals surface area (Å²) in [4.78, 5) is 34.0. The SMILES string of the molecule is CC(C)n1cc(Cl)cc1C(=O)NC(CCC(N)=O)C(=O)O. The fourth-order valence-electron chi connectivity index (χ4n) is 1.83. The van der Waals surface area contributed by atoms with Crippen LogP contribution in [0.5, 0.6) is 0 Å². The van der Waals surface area contributed by atoms with Gasteiger partial charge in [0.2, 0.25) is 5.91 Å². The van der Waals surface area contributed by atoms with Crippen LogP contribution in [0.25, 0.3) is 0 Å². The van der Waals surface area contributed by atoms with E-state index in [9.17, 15) is 14.4 Å². The van der Waals surface area contributed by atoms with Crippen molar-refractivity contribution in [3.63, 3.8) is 0 Å². The van der Waals surface area contributed by atoms with E-state index < -0.39 is 23.8 Å². The van der Waals surface area contributed by atoms with E-state index in [4.69, 9.17) is 22.4 Å². The molecule has 1 aromatic heterocycles. The molecule has 1 heterocycles. The first-order valence-corrected chi connectivity index (χ1v) is 6.79. The standard InChI is InChI=1S/C13H18ClN3O4/c1-7(2)17-6-8(14)5-10(17)12(19)16-9(13(20)21)3-4-11(15)18/h5-7,9H,3-4H2,1-2H3,(H2,15,18)(H,16,19)(H,20,21). The summed E-state index contributed by atoms with van der Waals surface area (Å²) in [5.41, 5.74) is 5.25. The predicted octanol–water partition coefficient (Wildman–Crippen LogP) is 1.17. The zero-order valence-corrected chi connectivity index (χ0v) is 12.6. The third-order valence-electron chi connectivity index (χ3n) is 2.89. The third kappa shape index (κ3) is 4.78. The highest BCUT2D eigenvalue weighted by atomic mass is 35.5. The zero-order chi connectivity index (χ0) is 16.2. The Hall–Kier alpha value is -2.02. The quantitative estimate of drug-likeness (QED) is 0.700. The van der Waals surface area contributed by atoms with E-state index in [1.165, 1.54) is 6.07 Å². The normalized spacial score (nSPS) is 12.2. The number of carbonyl (C=O) groups is 3. The van der Waals surface area contributed by atoms with E-state index in [0.717, 1.165) is 0 Å². The molecule has 0 aromatic carbocycles. The number of halogens is 1. The second-order valence-electron chi connectivity index (χ2n) is 4.91. The molecule has 8 heteroatoms. The van der Waals surface area contributed by atoms with Crippen LogP contribution in [-0.2, 0) is 9.59 Å². The molecule has 7 nitrogen and oxygen atoms in total. The van der Waals surface area contributed by atoms with Gasteiger partial charge in [-0.1, -0.05) is 11.6 Å². The van der Waals surface area contributed by atoms with Gasteiger partial charge in [0.15, 0.2) is 0 Å². The summed E-state index contributed by atoms with van der Waals surface area (Å²) in [6, 6.07) is 0.274. The third-order valence-corrected chi connectivity index (χ3v) is 3.09. The average molecular weight is 316 g/mol. The molecule has 0 fully saturated rings. The van der Waals surface area contributed by atoms with Gasteiger partial charge < -0.3 is 20.7 Å². The predicted molar refractivity (Wildman–Crippen MR) is 77.1 cm³/mol. The number of nitrogens with zero attached hydrogens (tertiary/aromatic N) is 1. The fourth-order valence-corrected chi connectivity index (χ4v) is 2.04. The van der Waals surface area contributed by atoms with Crippen molar-refractivity contribution >= 4 is 29.4 Å². The summed E-state index contributed by atoms with van der Waals surface area (Å²) >= 11 is 5.88. The van der Waals surface area contributed by atoms with Crippen molar-refractivity contribution in [2.45, 2.75) is 38.8 Å². The Balaban J connectivity index is 2.87. The molecule has 0 aliphatic carbocycles. The van der Waals surface area contributed by atoms with E-state index in [-0.39, 0.29) is 24.6 Å². The van der Waals surface area contributed by atoms with E-state index in [2.05, 4.69) is 5.32 Å². The summed E-state index contributed by atoms with van der Waals surface area (Å²) in [5, 5.41) is 11.8. The molecule has 1 aromatic rings. The average Bonchev–Trinajstić information content (AvgIpc) is 2.76. The number of carboxylic acid groups (broad SMARTS) is 1. The molecule has 1 rings (SSSR count). The molecule has 0 spiro atoms. The molecule has 1 atom stereocenters. The van der Waals surface area contributed by atoms with Gasteiger partial charge in [0.25, 0.3) is 5.91 Å². The summed E-state index contributed by atoms with van der Waals surface area (Å²) in [5.74, 6) is -2.41. The van der Waals surface area contributed by atoms with E-state index in [0.29, 0.717) is 5.02 Å². The van der Waals surface area contributed by atoms with Gasteiger partial charge in [-0.3, -0.25) is 9.59 Å². The van der Waals surface area contributed by atoms with E-state index >= 15 is 0 Å². The van der Waals surface area contributed by atoms with Gasteiger partial charge in [-0.15, -0.1) is 0 Å². The highest BCUT2D eigenvalue weighted by molar-refractivity contribution is 6.31. The number of aromatic nitrogens is 1. The monoisotopic (exact) mass is 315 g/mol. The van der Waals surface area contributed by atoms with Crippen LogP contribution >= 0.6 is 11.6 Å². The molecular weight excluding hydrogens is 298 g/mol. The Labute approximate surface area is 127 Å². The van der Waals surface area contributed by atoms with Gasteiger partial charge in [-0.25, -0.2) is 4.79 Å². The molecule has 0 aliphatic rings. The number of nitrogens with two attached hydrogens (primary N) is 1. The lowest BCUT2D eigenvalue weighted by Gasteiger charge is -2.16. The van der Waals surface area contributed by atoms with Gasteiger partial charge in [0.1, 0.15) is 11.7 Å². The highest BCUT2D eigenvalue weighted by Gasteiger charge is 2.23. The molecule has 21 heavy (non-hydrogen) atoms. The lowest BCUT2D eigenvalue weighted by atomic mass is 10.1. The summed E-state index contributed by atoms with van der Waals surface area (Å²) in [7, 11) is 0. The van der Waals surface area contributed by atoms with Crippen LogP contribution in [-0.4, -0.2) is 33.5 Å². The molecular formula is C13H18ClN3O4. The number of hydrogen-bond donors (Lipinski definition) is 3. The van der Waals surface area contributed by atoms with Gasteiger partial charge in [0, 0.05) is 18.7 Å². The van der Waals surface area contributed by atoms with E-state index in [1.54, 1.807) is 10.8 Å². The highest BCUT2D eigenvalue weighted by Crippen LogP contribution is 2.19. The number of aliphatic carboxylic acids is 1. The van der Waals surface area contributed by atoms with Gasteiger partial charge in [-0.2, -0.15) is 0 Å². The largest absolute Gasteiger partial charge is 0.480 e. The molecule has 116 valence electrons. The molecule has 1 unspecified atom stereocenters. The Bertz CT molecular complexity index is 554. The maximum absolute atomic E-state index is 12.2. The van der Waals surface area contributed by atoms with Gasteiger partial charge >= 0.3 is 5.97 Å². The minimum absolute atomic E-state index is 0.00727. The van der Waals surface area contributed by atoms with Crippen molar-refractivity contribution in [1.82, 2.24) is 9.88 Å². The van der Waals surface area contributed by atoms with Crippen molar-refractivity contribution in [2.75, 3.05) is 0 Å². The fraction of sp³-hybridized carbons (Fsp3) is 0.462. The number of carboxylic acids is 1. The van der Waals surface area contributed by atoms with Crippen LogP contribution in [0.4, 0.5) is 0 Å². The van der Waals surface area contributed by atoms with Crippen molar-refractivity contribution in [3.05, 3.63) is 23.0 Å². The van der Waals surface area contributed by atoms with Crippen LogP contribution in [0, 0.1) is 0 Å². The maximum Gasteiger partial charge on any atom is 0.326 e. The van der Waals surface area contributed by atoms with Crippen molar-refractivity contribution in [3.8, 4) is 0 Å². The summed E-state index contributed by atoms with van der Waals surface area (Å²) in [6.07, 6.45) is 1.41. The van der Waals surface area contributed by atoms with Crippen LogP contribution in [0.1, 0.15) is 43.2 Å². The van der Waals surface area contributed by atoms with Crippen LogP contribution < -0.4 is 11.1 Å². The molecule has 0 bridgehead atoms. The van der Waals surface area contributed by atoms with E-state index in [1.807, 2.05) is 13.8 Å². The van der Waals surface area contributed by atoms with Crippen LogP contribution in [0.3, 0.4) is 0 Å². The van der Waals surface area contributed by atoms with Crippen LogP contribution in [0.15, 0.2) is 12.3 Å². The molecule has 0 saturated carbocycles. The Morgan fingerprint density at radius 1 is 1.43 bits per heavy atom. The number of hydrogen-bond acceptors (Lipinski definition) is 3. The topological polar surface area (TPSA) is 114 Å². The molecule has 2 amide bonds. The number of amides is 2. The van der Waals surface area contributed by atoms with Crippen molar-refractivity contribution < 1.29 is 19.5 Å². The van der Waals surface area contributed by atoms with Crippen molar-refractivity contribution in [1.29, 1.82) is 0 Å². The molecule has 0 saturated heterocycles. The summed E-state index contributed by atoms with van der Waals surface area (Å²) in [6.45, 7) is 3.74. The summed E-state index contributed by atoms with van der Waals surface area (Å²) < 4.78 is 1.64. The number of carbonyl (C=O) groups excluding carboxylic acids is 2. The lowest BCUT2D eigenvalue weighted by Crippen LogP contribution is -2.42. The first-order valence-electron chi connectivity index (χ1n) is 6.41. The van der Waals surface area contributed by atoms with Crippen molar-refractivity contribution in [2.24, 2.45) is 5.73 Å². The van der Waals surface area contributed by atoms with Gasteiger partial charge in [0.05, 0.1) is 5.02 Å². The first kappa shape index (κ1) is 17.0. The minimum Gasteiger partial charge on any atom is -0.480 e. The number of primary amides is 1. The molecule has 4 N–H and O–H groups in total. The second-order valence-corrected chi connectivity index (χ2v) is 5.35. The Kier molecular flexibility index (Phi) is 5.78. The molecule has 0 aliphatic heterocycles. The first-order chi connectivity index (χ1) is 9.72. The lowest BCUT2D eigenvalue weighted by molar-refractivity contribution is -0.139. The number of rotatable bonds is 7. The smallest absolute Gasteiger partial charge is 0.326 e. The Morgan fingerprint density at radius 2 is 2.05 bits per heavy atom. The van der Waals surface area contributed by atoms with Crippen LogP contribution in [0.2, 0.25) is 5.02 Å². The number of nitrogens with one attached hydrogen (secondary N) is 1. The van der Waals surface area contributed by atoms with Gasteiger partial charge in [-0.05, 0) is 26.3 Å². The minimum atomic E-state index is -1.22. The Morgan fingerprint density at radius 3 is 2.52 bits per heavy atom. The zero-order valence-electron chi connectivity index (χ0n) is 11.8. The second kappa shape index (κ2) is 7.12.